The maximum Gasteiger partial charge on any atom is 0.231 e. The van der Waals surface area contributed by atoms with E-state index in [0.717, 1.165) is 17.5 Å². The first-order valence-corrected chi connectivity index (χ1v) is 10.7. The van der Waals surface area contributed by atoms with Crippen LogP contribution in [-0.2, 0) is 16.6 Å². The third kappa shape index (κ3) is 5.08. The number of sulfonamides is 1. The number of hydrogen-bond acceptors (Lipinski definition) is 4. The van der Waals surface area contributed by atoms with Crippen LogP contribution in [0.3, 0.4) is 0 Å². The van der Waals surface area contributed by atoms with E-state index in [0.29, 0.717) is 23.0 Å². The Bertz CT molecular complexity index is 1050. The molecule has 0 aliphatic heterocycles. The van der Waals surface area contributed by atoms with Crippen molar-refractivity contribution >= 4 is 38.7 Å². The van der Waals surface area contributed by atoms with Gasteiger partial charge in [0.1, 0.15) is 0 Å². The maximum absolute atomic E-state index is 11.7. The molecule has 7 nitrogen and oxygen atoms in total. The first-order chi connectivity index (χ1) is 13.3. The molecular weight excluding hydrogens is 394 g/mol. The van der Waals surface area contributed by atoms with Crippen molar-refractivity contribution in [2.45, 2.75) is 6.54 Å². The lowest BCUT2D eigenvalue weighted by Gasteiger charge is -2.18. The molecule has 0 radical (unpaired) electrons. The fourth-order valence-corrected chi connectivity index (χ4v) is 3.21. The van der Waals surface area contributed by atoms with Crippen molar-refractivity contribution in [3.05, 3.63) is 72.8 Å². The van der Waals surface area contributed by atoms with Gasteiger partial charge in [0.25, 0.3) is 0 Å². The highest BCUT2D eigenvalue weighted by molar-refractivity contribution is 7.92. The van der Waals surface area contributed by atoms with Gasteiger partial charge in [-0.1, -0.05) is 18.2 Å². The SMILES string of the molecule is CN(c1cccc(NC(=S)NCc2ccc(-n3ccnc3)cc2)c1)S(C)(=O)=O. The van der Waals surface area contributed by atoms with E-state index >= 15 is 0 Å². The van der Waals surface area contributed by atoms with Gasteiger partial charge in [0, 0.05) is 37.4 Å². The van der Waals surface area contributed by atoms with E-state index in [1.165, 1.54) is 11.4 Å². The smallest absolute Gasteiger partial charge is 0.231 e. The van der Waals surface area contributed by atoms with Gasteiger partial charge in [0.2, 0.25) is 10.0 Å². The van der Waals surface area contributed by atoms with Gasteiger partial charge in [0.05, 0.1) is 18.3 Å². The van der Waals surface area contributed by atoms with E-state index in [2.05, 4.69) is 15.6 Å². The van der Waals surface area contributed by atoms with E-state index in [1.807, 2.05) is 41.1 Å². The lowest BCUT2D eigenvalue weighted by atomic mass is 10.2. The first kappa shape index (κ1) is 19.8. The summed E-state index contributed by atoms with van der Waals surface area (Å²) in [6, 6.07) is 15.1. The molecule has 0 unspecified atom stereocenters. The van der Waals surface area contributed by atoms with E-state index < -0.39 is 10.0 Å². The molecule has 2 aromatic carbocycles. The number of benzene rings is 2. The summed E-state index contributed by atoms with van der Waals surface area (Å²) in [6.07, 6.45) is 6.54. The second-order valence-corrected chi connectivity index (χ2v) is 8.65. The Morgan fingerprint density at radius 3 is 2.61 bits per heavy atom. The van der Waals surface area contributed by atoms with Gasteiger partial charge < -0.3 is 15.2 Å². The highest BCUT2D eigenvalue weighted by Crippen LogP contribution is 2.20. The zero-order valence-corrected chi connectivity index (χ0v) is 17.2. The summed E-state index contributed by atoms with van der Waals surface area (Å²) >= 11 is 5.34. The molecular formula is C19H21N5O2S2. The predicted molar refractivity (Wildman–Crippen MR) is 116 cm³/mol. The number of nitrogens with zero attached hydrogens (tertiary/aromatic N) is 3. The van der Waals surface area contributed by atoms with Crippen molar-refractivity contribution in [2.24, 2.45) is 0 Å². The van der Waals surface area contributed by atoms with Gasteiger partial charge >= 0.3 is 0 Å². The normalized spacial score (nSPS) is 11.1. The molecule has 0 atom stereocenters. The largest absolute Gasteiger partial charge is 0.358 e. The third-order valence-corrected chi connectivity index (χ3v) is 5.61. The van der Waals surface area contributed by atoms with Crippen LogP contribution in [0.5, 0.6) is 0 Å². The van der Waals surface area contributed by atoms with Crippen LogP contribution in [-0.4, -0.2) is 36.4 Å². The van der Waals surface area contributed by atoms with Gasteiger partial charge in [-0.3, -0.25) is 4.31 Å². The Morgan fingerprint density at radius 2 is 1.96 bits per heavy atom. The second-order valence-electron chi connectivity index (χ2n) is 6.22. The number of aromatic nitrogens is 2. The van der Waals surface area contributed by atoms with Crippen molar-refractivity contribution in [1.29, 1.82) is 0 Å². The molecule has 3 aromatic rings. The van der Waals surface area contributed by atoms with Crippen LogP contribution in [0.15, 0.2) is 67.3 Å². The zero-order chi connectivity index (χ0) is 20.1. The topological polar surface area (TPSA) is 79.3 Å². The van der Waals surface area contributed by atoms with Crippen molar-refractivity contribution in [1.82, 2.24) is 14.9 Å². The van der Waals surface area contributed by atoms with E-state index in [1.54, 1.807) is 30.7 Å². The number of anilines is 2. The summed E-state index contributed by atoms with van der Waals surface area (Å²) in [5, 5.41) is 6.69. The Labute approximate surface area is 170 Å². The molecule has 0 amide bonds. The molecule has 9 heteroatoms. The van der Waals surface area contributed by atoms with E-state index in [-0.39, 0.29) is 0 Å². The summed E-state index contributed by atoms with van der Waals surface area (Å²) in [6.45, 7) is 0.568. The molecule has 28 heavy (non-hydrogen) atoms. The van der Waals surface area contributed by atoms with Crippen LogP contribution in [0.2, 0.25) is 0 Å². The minimum Gasteiger partial charge on any atom is -0.358 e. The maximum atomic E-state index is 11.7. The van der Waals surface area contributed by atoms with E-state index in [9.17, 15) is 8.42 Å². The number of nitrogens with one attached hydrogen (secondary N) is 2. The third-order valence-electron chi connectivity index (χ3n) is 4.16. The standard InChI is InChI=1S/C19H21N5O2S2/c1-23(28(2,25)26)18-5-3-4-16(12-18)22-19(27)21-13-15-6-8-17(9-7-15)24-11-10-20-14-24/h3-12,14H,13H2,1-2H3,(H2,21,22,27). The van der Waals surface area contributed by atoms with Crippen molar-refractivity contribution in [3.63, 3.8) is 0 Å². The molecule has 0 aliphatic carbocycles. The van der Waals surface area contributed by atoms with Gasteiger partial charge in [-0.15, -0.1) is 0 Å². The van der Waals surface area contributed by atoms with Crippen LogP contribution < -0.4 is 14.9 Å². The van der Waals surface area contributed by atoms with Crippen LogP contribution >= 0.6 is 12.2 Å². The number of hydrogen-bond donors (Lipinski definition) is 2. The molecule has 146 valence electrons. The van der Waals surface area contributed by atoms with Gasteiger partial charge in [-0.25, -0.2) is 13.4 Å². The fraction of sp³-hybridized carbons (Fsp3) is 0.158. The van der Waals surface area contributed by atoms with Gasteiger partial charge in [-0.05, 0) is 48.1 Å². The Kier molecular flexibility index (Phi) is 5.96. The molecule has 0 fully saturated rings. The molecule has 2 N–H and O–H groups in total. The molecule has 0 aliphatic rings. The molecule has 0 bridgehead atoms. The predicted octanol–water partition coefficient (Wildman–Crippen LogP) is 2.75. The van der Waals surface area contributed by atoms with Crippen molar-refractivity contribution in [3.8, 4) is 5.69 Å². The molecule has 1 aromatic heterocycles. The van der Waals surface area contributed by atoms with Gasteiger partial charge in [0.15, 0.2) is 5.11 Å². The van der Waals surface area contributed by atoms with Gasteiger partial charge in [-0.2, -0.15) is 0 Å². The zero-order valence-electron chi connectivity index (χ0n) is 15.5. The monoisotopic (exact) mass is 415 g/mol. The highest BCUT2D eigenvalue weighted by atomic mass is 32.2. The molecule has 1 heterocycles. The minimum atomic E-state index is -3.32. The number of thiocarbonyl (C=S) groups is 1. The highest BCUT2D eigenvalue weighted by Gasteiger charge is 2.12. The molecule has 0 saturated heterocycles. The summed E-state index contributed by atoms with van der Waals surface area (Å²) < 4.78 is 26.5. The molecule has 0 spiro atoms. The summed E-state index contributed by atoms with van der Waals surface area (Å²) in [5.41, 5.74) is 3.39. The van der Waals surface area contributed by atoms with E-state index in [4.69, 9.17) is 12.2 Å². The minimum absolute atomic E-state index is 0.456. The Balaban J connectivity index is 1.57. The van der Waals surface area contributed by atoms with Crippen LogP contribution in [0.1, 0.15) is 5.56 Å². The summed E-state index contributed by atoms with van der Waals surface area (Å²) in [7, 11) is -1.80. The molecule has 3 rings (SSSR count). The quantitative estimate of drug-likeness (QED) is 0.603. The van der Waals surface area contributed by atoms with Crippen LogP contribution in [0, 0.1) is 0 Å². The van der Waals surface area contributed by atoms with Crippen LogP contribution in [0.4, 0.5) is 11.4 Å². The van der Waals surface area contributed by atoms with Crippen molar-refractivity contribution in [2.75, 3.05) is 22.9 Å². The van der Waals surface area contributed by atoms with Crippen molar-refractivity contribution < 1.29 is 8.42 Å². The lowest BCUT2D eigenvalue weighted by molar-refractivity contribution is 0.600. The Hall–Kier alpha value is -2.91. The summed E-state index contributed by atoms with van der Waals surface area (Å²) in [5.74, 6) is 0. The van der Waals surface area contributed by atoms with Crippen LogP contribution in [0.25, 0.3) is 5.69 Å². The lowest BCUT2D eigenvalue weighted by Crippen LogP contribution is -2.28. The Morgan fingerprint density at radius 1 is 1.21 bits per heavy atom. The molecule has 0 saturated carbocycles. The average molecular weight is 416 g/mol. The average Bonchev–Trinajstić information content (AvgIpc) is 3.20. The number of rotatable bonds is 6. The first-order valence-electron chi connectivity index (χ1n) is 8.49. The second kappa shape index (κ2) is 8.41. The fourth-order valence-electron chi connectivity index (χ4n) is 2.53. The number of imidazole rings is 1. The summed E-state index contributed by atoms with van der Waals surface area (Å²) in [4.78, 5) is 4.04.